The standard InChI is InChI=1S/C13H11F3N2O2/c1-18-5-4-17-12(18)8-20-11-3-2-9(7-19)6-10(11)13(14,15)16/h2-7H,8H2,1H3. The first-order valence-corrected chi connectivity index (χ1v) is 5.67. The van der Waals surface area contributed by atoms with Crippen LogP contribution < -0.4 is 4.74 Å². The van der Waals surface area contributed by atoms with Crippen LogP contribution in [-0.2, 0) is 19.8 Å². The third-order valence-electron chi connectivity index (χ3n) is 2.72. The van der Waals surface area contributed by atoms with E-state index in [1.807, 2.05) is 0 Å². The first-order chi connectivity index (χ1) is 9.41. The van der Waals surface area contributed by atoms with Crippen LogP contribution in [0, 0.1) is 0 Å². The molecule has 20 heavy (non-hydrogen) atoms. The van der Waals surface area contributed by atoms with Crippen molar-refractivity contribution in [2.24, 2.45) is 7.05 Å². The van der Waals surface area contributed by atoms with Crippen LogP contribution in [0.3, 0.4) is 0 Å². The van der Waals surface area contributed by atoms with Crippen LogP contribution >= 0.6 is 0 Å². The number of rotatable bonds is 4. The smallest absolute Gasteiger partial charge is 0.419 e. The average molecular weight is 284 g/mol. The summed E-state index contributed by atoms with van der Waals surface area (Å²) in [5.41, 5.74) is -1.03. The summed E-state index contributed by atoms with van der Waals surface area (Å²) in [4.78, 5) is 14.5. The number of hydrogen-bond acceptors (Lipinski definition) is 3. The van der Waals surface area contributed by atoms with Gasteiger partial charge in [-0.25, -0.2) is 4.98 Å². The van der Waals surface area contributed by atoms with E-state index in [0.29, 0.717) is 12.1 Å². The minimum Gasteiger partial charge on any atom is -0.485 e. The van der Waals surface area contributed by atoms with E-state index < -0.39 is 11.7 Å². The van der Waals surface area contributed by atoms with Crippen LogP contribution in [0.25, 0.3) is 0 Å². The maximum atomic E-state index is 12.9. The number of aromatic nitrogens is 2. The zero-order valence-electron chi connectivity index (χ0n) is 10.5. The number of benzene rings is 1. The second-order valence-corrected chi connectivity index (χ2v) is 4.11. The molecule has 0 aliphatic rings. The lowest BCUT2D eigenvalue weighted by atomic mass is 10.1. The van der Waals surface area contributed by atoms with Crippen molar-refractivity contribution in [3.05, 3.63) is 47.5 Å². The minimum absolute atomic E-state index is 0.0540. The quantitative estimate of drug-likeness (QED) is 0.811. The highest BCUT2D eigenvalue weighted by molar-refractivity contribution is 5.75. The number of nitrogens with zero attached hydrogens (tertiary/aromatic N) is 2. The molecule has 2 aromatic rings. The highest BCUT2D eigenvalue weighted by Crippen LogP contribution is 2.36. The molecular formula is C13H11F3N2O2. The van der Waals surface area contributed by atoms with Crippen molar-refractivity contribution in [3.8, 4) is 5.75 Å². The topological polar surface area (TPSA) is 44.1 Å². The maximum absolute atomic E-state index is 12.9. The summed E-state index contributed by atoms with van der Waals surface area (Å²) >= 11 is 0. The molecule has 0 saturated heterocycles. The van der Waals surface area contributed by atoms with Crippen molar-refractivity contribution in [2.45, 2.75) is 12.8 Å². The molecule has 0 bridgehead atoms. The number of aryl methyl sites for hydroxylation is 1. The fourth-order valence-corrected chi connectivity index (χ4v) is 1.65. The fourth-order valence-electron chi connectivity index (χ4n) is 1.65. The number of carbonyl (C=O) groups is 1. The molecule has 0 radical (unpaired) electrons. The first-order valence-electron chi connectivity index (χ1n) is 5.67. The van der Waals surface area contributed by atoms with E-state index in [9.17, 15) is 18.0 Å². The number of halogens is 3. The van der Waals surface area contributed by atoms with Crippen molar-refractivity contribution in [1.82, 2.24) is 9.55 Å². The number of hydrogen-bond donors (Lipinski definition) is 0. The van der Waals surface area contributed by atoms with Gasteiger partial charge >= 0.3 is 6.18 Å². The van der Waals surface area contributed by atoms with E-state index in [1.54, 1.807) is 17.8 Å². The van der Waals surface area contributed by atoms with Crippen LogP contribution in [-0.4, -0.2) is 15.8 Å². The Labute approximate surface area is 112 Å². The van der Waals surface area contributed by atoms with Crippen LogP contribution in [0.4, 0.5) is 13.2 Å². The van der Waals surface area contributed by atoms with Crippen LogP contribution in [0.2, 0.25) is 0 Å². The largest absolute Gasteiger partial charge is 0.485 e. The monoisotopic (exact) mass is 284 g/mol. The fraction of sp³-hybridized carbons (Fsp3) is 0.231. The molecule has 0 aliphatic heterocycles. The Bertz CT molecular complexity index is 620. The Hall–Kier alpha value is -2.31. The molecule has 0 saturated carbocycles. The van der Waals surface area contributed by atoms with Crippen molar-refractivity contribution in [1.29, 1.82) is 0 Å². The van der Waals surface area contributed by atoms with E-state index in [4.69, 9.17) is 4.74 Å². The van der Waals surface area contributed by atoms with E-state index >= 15 is 0 Å². The van der Waals surface area contributed by atoms with Crippen LogP contribution in [0.1, 0.15) is 21.7 Å². The number of imidazole rings is 1. The van der Waals surface area contributed by atoms with E-state index in [2.05, 4.69) is 4.98 Å². The first kappa shape index (κ1) is 14.1. The molecule has 1 heterocycles. The van der Waals surface area contributed by atoms with Gasteiger partial charge in [0, 0.05) is 25.0 Å². The molecule has 0 aliphatic carbocycles. The predicted octanol–water partition coefficient (Wildman–Crippen LogP) is 2.83. The lowest BCUT2D eigenvalue weighted by molar-refractivity contribution is -0.139. The van der Waals surface area contributed by atoms with Gasteiger partial charge in [-0.05, 0) is 18.2 Å². The van der Waals surface area contributed by atoms with E-state index in [1.165, 1.54) is 12.3 Å². The third-order valence-corrected chi connectivity index (χ3v) is 2.72. The molecule has 4 nitrogen and oxygen atoms in total. The molecule has 1 aromatic carbocycles. The second kappa shape index (κ2) is 5.36. The molecule has 0 fully saturated rings. The summed E-state index contributed by atoms with van der Waals surface area (Å²) in [5, 5.41) is 0. The second-order valence-electron chi connectivity index (χ2n) is 4.11. The summed E-state index contributed by atoms with van der Waals surface area (Å²) in [6.45, 7) is -0.0903. The lowest BCUT2D eigenvalue weighted by Gasteiger charge is -2.14. The van der Waals surface area contributed by atoms with Gasteiger partial charge in [0.05, 0.1) is 5.56 Å². The zero-order chi connectivity index (χ0) is 14.8. The zero-order valence-corrected chi connectivity index (χ0v) is 10.5. The molecule has 0 N–H and O–H groups in total. The molecule has 2 rings (SSSR count). The Morgan fingerprint density at radius 2 is 2.15 bits per heavy atom. The van der Waals surface area contributed by atoms with Crippen molar-refractivity contribution in [2.75, 3.05) is 0 Å². The highest BCUT2D eigenvalue weighted by Gasteiger charge is 2.34. The SMILES string of the molecule is Cn1ccnc1COc1ccc(C=O)cc1C(F)(F)F. The molecule has 7 heteroatoms. The van der Waals surface area contributed by atoms with Gasteiger partial charge in [0.25, 0.3) is 0 Å². The van der Waals surface area contributed by atoms with Gasteiger partial charge < -0.3 is 9.30 Å². The highest BCUT2D eigenvalue weighted by atomic mass is 19.4. The number of alkyl halides is 3. The summed E-state index contributed by atoms with van der Waals surface area (Å²) in [6, 6.07) is 3.17. The van der Waals surface area contributed by atoms with Gasteiger partial charge in [-0.2, -0.15) is 13.2 Å². The van der Waals surface area contributed by atoms with Crippen LogP contribution in [0.5, 0.6) is 5.75 Å². The van der Waals surface area contributed by atoms with Crippen molar-refractivity contribution in [3.63, 3.8) is 0 Å². The number of aldehydes is 1. The summed E-state index contributed by atoms with van der Waals surface area (Å²) in [7, 11) is 1.71. The number of ether oxygens (including phenoxy) is 1. The molecular weight excluding hydrogens is 273 g/mol. The van der Waals surface area contributed by atoms with E-state index in [0.717, 1.165) is 12.1 Å². The van der Waals surface area contributed by atoms with Gasteiger partial charge in [0.15, 0.2) is 0 Å². The Morgan fingerprint density at radius 3 is 2.70 bits per heavy atom. The summed E-state index contributed by atoms with van der Waals surface area (Å²) < 4.78 is 45.5. The van der Waals surface area contributed by atoms with Gasteiger partial charge in [-0.3, -0.25) is 4.79 Å². The summed E-state index contributed by atoms with van der Waals surface area (Å²) in [6.07, 6.45) is -1.04. The predicted molar refractivity (Wildman–Crippen MR) is 64.4 cm³/mol. The molecule has 0 spiro atoms. The lowest BCUT2D eigenvalue weighted by Crippen LogP contribution is -2.11. The maximum Gasteiger partial charge on any atom is 0.419 e. The molecule has 1 aromatic heterocycles. The Kier molecular flexibility index (Phi) is 3.78. The van der Waals surface area contributed by atoms with E-state index in [-0.39, 0.29) is 17.9 Å². The molecule has 0 unspecified atom stereocenters. The molecule has 0 atom stereocenters. The van der Waals surface area contributed by atoms with Gasteiger partial charge in [0.1, 0.15) is 24.5 Å². The summed E-state index contributed by atoms with van der Waals surface area (Å²) in [5.74, 6) is 0.170. The van der Waals surface area contributed by atoms with Gasteiger partial charge in [0.2, 0.25) is 0 Å². The van der Waals surface area contributed by atoms with Gasteiger partial charge in [-0.1, -0.05) is 0 Å². The molecule has 106 valence electrons. The molecule has 0 amide bonds. The van der Waals surface area contributed by atoms with Gasteiger partial charge in [-0.15, -0.1) is 0 Å². The number of carbonyl (C=O) groups excluding carboxylic acids is 1. The Morgan fingerprint density at radius 1 is 1.40 bits per heavy atom. The van der Waals surface area contributed by atoms with Crippen molar-refractivity contribution >= 4 is 6.29 Å². The normalized spacial score (nSPS) is 11.4. The average Bonchev–Trinajstić information content (AvgIpc) is 2.80. The minimum atomic E-state index is -4.59. The Balaban J connectivity index is 2.27. The van der Waals surface area contributed by atoms with Crippen LogP contribution in [0.15, 0.2) is 30.6 Å². The van der Waals surface area contributed by atoms with Crippen molar-refractivity contribution < 1.29 is 22.7 Å². The third kappa shape index (κ3) is 2.98.